The summed E-state index contributed by atoms with van der Waals surface area (Å²) in [6, 6.07) is 3.77. The van der Waals surface area contributed by atoms with Gasteiger partial charge in [0.1, 0.15) is 0 Å². The van der Waals surface area contributed by atoms with Gasteiger partial charge in [-0.2, -0.15) is 0 Å². The number of carbonyl (C=O) groups excluding carboxylic acids is 1. The molecule has 0 aliphatic rings. The lowest BCUT2D eigenvalue weighted by atomic mass is 10.3. The number of halogens is 1. The van der Waals surface area contributed by atoms with Crippen LogP contribution in [-0.4, -0.2) is 17.6 Å². The second kappa shape index (κ2) is 5.74. The molecule has 1 heterocycles. The highest BCUT2D eigenvalue weighted by atomic mass is 127. The average molecular weight is 303 g/mol. The van der Waals surface area contributed by atoms with Gasteiger partial charge in [-0.1, -0.05) is 0 Å². The second-order valence-corrected chi connectivity index (χ2v) is 3.73. The quantitative estimate of drug-likeness (QED) is 0.488. The van der Waals surface area contributed by atoms with Crippen LogP contribution in [0.2, 0.25) is 0 Å². The molecule has 0 unspecified atom stereocenters. The van der Waals surface area contributed by atoms with Crippen molar-refractivity contribution in [3.05, 3.63) is 33.7 Å². The SMILES string of the molecule is CCOC(=O)C=Cc1ccc(I)cn1. The minimum absolute atomic E-state index is 0.340. The Kier molecular flexibility index (Phi) is 4.58. The first-order valence-corrected chi connectivity index (χ1v) is 5.26. The van der Waals surface area contributed by atoms with Crippen molar-refractivity contribution in [3.63, 3.8) is 0 Å². The molecule has 0 atom stereocenters. The first-order chi connectivity index (χ1) is 6.72. The van der Waals surface area contributed by atoms with E-state index in [2.05, 4.69) is 27.6 Å². The predicted molar refractivity (Wildman–Crippen MR) is 62.6 cm³/mol. The molecule has 1 aromatic rings. The van der Waals surface area contributed by atoms with Crippen LogP contribution >= 0.6 is 22.6 Å². The van der Waals surface area contributed by atoms with Gasteiger partial charge < -0.3 is 4.74 Å². The van der Waals surface area contributed by atoms with E-state index in [0.717, 1.165) is 9.26 Å². The molecule has 4 heteroatoms. The molecule has 14 heavy (non-hydrogen) atoms. The van der Waals surface area contributed by atoms with Gasteiger partial charge in [0.05, 0.1) is 12.3 Å². The monoisotopic (exact) mass is 303 g/mol. The van der Waals surface area contributed by atoms with Crippen molar-refractivity contribution in [3.8, 4) is 0 Å². The number of hydrogen-bond donors (Lipinski definition) is 0. The lowest BCUT2D eigenvalue weighted by Gasteiger charge is -1.95. The molecule has 3 nitrogen and oxygen atoms in total. The van der Waals surface area contributed by atoms with Crippen molar-refractivity contribution in [2.24, 2.45) is 0 Å². The summed E-state index contributed by atoms with van der Waals surface area (Å²) < 4.78 is 5.80. The lowest BCUT2D eigenvalue weighted by Crippen LogP contribution is -1.98. The van der Waals surface area contributed by atoms with Gasteiger partial charge in [0.15, 0.2) is 0 Å². The third-order valence-electron chi connectivity index (χ3n) is 1.43. The highest BCUT2D eigenvalue weighted by molar-refractivity contribution is 14.1. The summed E-state index contributed by atoms with van der Waals surface area (Å²) in [7, 11) is 0. The fourth-order valence-electron chi connectivity index (χ4n) is 0.830. The second-order valence-electron chi connectivity index (χ2n) is 2.49. The van der Waals surface area contributed by atoms with Crippen LogP contribution in [0.15, 0.2) is 24.4 Å². The van der Waals surface area contributed by atoms with E-state index < -0.39 is 0 Å². The number of hydrogen-bond acceptors (Lipinski definition) is 3. The molecule has 0 bridgehead atoms. The Labute approximate surface area is 96.3 Å². The number of ether oxygens (including phenoxy) is 1. The molecule has 0 radical (unpaired) electrons. The van der Waals surface area contributed by atoms with E-state index in [-0.39, 0.29) is 5.97 Å². The van der Waals surface area contributed by atoms with Crippen molar-refractivity contribution in [1.82, 2.24) is 4.98 Å². The molecule has 0 spiro atoms. The Bertz CT molecular complexity index is 332. The molecule has 74 valence electrons. The maximum atomic E-state index is 10.9. The highest BCUT2D eigenvalue weighted by Gasteiger charge is 1.94. The van der Waals surface area contributed by atoms with Crippen molar-refractivity contribution in [2.75, 3.05) is 6.61 Å². The van der Waals surface area contributed by atoms with Crippen molar-refractivity contribution in [1.29, 1.82) is 0 Å². The van der Waals surface area contributed by atoms with E-state index in [4.69, 9.17) is 4.74 Å². The zero-order valence-electron chi connectivity index (χ0n) is 7.74. The van der Waals surface area contributed by atoms with Gasteiger partial charge in [-0.15, -0.1) is 0 Å². The van der Waals surface area contributed by atoms with E-state index >= 15 is 0 Å². The topological polar surface area (TPSA) is 39.2 Å². The molecule has 0 saturated heterocycles. The lowest BCUT2D eigenvalue weighted by molar-refractivity contribution is -0.137. The Morgan fingerprint density at radius 1 is 1.64 bits per heavy atom. The van der Waals surface area contributed by atoms with E-state index in [9.17, 15) is 4.79 Å². The van der Waals surface area contributed by atoms with Crippen LogP contribution in [0.3, 0.4) is 0 Å². The first kappa shape index (κ1) is 11.2. The third kappa shape index (κ3) is 3.87. The van der Waals surface area contributed by atoms with Gasteiger partial charge in [-0.25, -0.2) is 4.79 Å². The number of pyridine rings is 1. The van der Waals surface area contributed by atoms with Gasteiger partial charge in [-0.05, 0) is 47.7 Å². The van der Waals surface area contributed by atoms with Crippen LogP contribution in [0, 0.1) is 3.57 Å². The van der Waals surface area contributed by atoms with Gasteiger partial charge >= 0.3 is 5.97 Å². The normalized spacial score (nSPS) is 10.4. The van der Waals surface area contributed by atoms with Crippen LogP contribution in [0.5, 0.6) is 0 Å². The molecule has 1 rings (SSSR count). The van der Waals surface area contributed by atoms with Crippen LogP contribution in [-0.2, 0) is 9.53 Å². The van der Waals surface area contributed by atoms with Crippen LogP contribution in [0.25, 0.3) is 6.08 Å². The maximum Gasteiger partial charge on any atom is 0.330 e. The predicted octanol–water partition coefficient (Wildman–Crippen LogP) is 2.26. The summed E-state index contributed by atoms with van der Waals surface area (Å²) in [6.07, 6.45) is 4.75. The zero-order valence-corrected chi connectivity index (χ0v) is 9.89. The number of aromatic nitrogens is 1. The Morgan fingerprint density at radius 3 is 3.00 bits per heavy atom. The van der Waals surface area contributed by atoms with Gasteiger partial charge in [0.2, 0.25) is 0 Å². The molecule has 0 aliphatic heterocycles. The maximum absolute atomic E-state index is 10.9. The minimum atomic E-state index is -0.340. The van der Waals surface area contributed by atoms with E-state index in [1.807, 2.05) is 12.1 Å². The van der Waals surface area contributed by atoms with Gasteiger partial charge in [-0.3, -0.25) is 4.98 Å². The van der Waals surface area contributed by atoms with E-state index in [0.29, 0.717) is 6.61 Å². The summed E-state index contributed by atoms with van der Waals surface area (Å²) in [5, 5.41) is 0. The standard InChI is InChI=1S/C10H10INO2/c1-2-14-10(13)6-5-9-4-3-8(11)7-12-9/h3-7H,2H2,1H3. The van der Waals surface area contributed by atoms with Crippen LogP contribution in [0.4, 0.5) is 0 Å². The zero-order chi connectivity index (χ0) is 10.4. The number of esters is 1. The molecular formula is C10H10INO2. The summed E-state index contributed by atoms with van der Waals surface area (Å²) >= 11 is 2.17. The average Bonchev–Trinajstić information content (AvgIpc) is 2.17. The van der Waals surface area contributed by atoms with Crippen LogP contribution < -0.4 is 0 Å². The molecule has 0 saturated carbocycles. The molecular weight excluding hydrogens is 293 g/mol. The first-order valence-electron chi connectivity index (χ1n) is 4.18. The molecule has 0 aromatic carbocycles. The van der Waals surface area contributed by atoms with Crippen LogP contribution in [0.1, 0.15) is 12.6 Å². The Balaban J connectivity index is 2.60. The fourth-order valence-corrected chi connectivity index (χ4v) is 1.15. The summed E-state index contributed by atoms with van der Waals surface area (Å²) in [5.74, 6) is -0.340. The number of rotatable bonds is 3. The highest BCUT2D eigenvalue weighted by Crippen LogP contribution is 2.04. The largest absolute Gasteiger partial charge is 0.463 e. The summed E-state index contributed by atoms with van der Waals surface area (Å²) in [6.45, 7) is 2.16. The summed E-state index contributed by atoms with van der Waals surface area (Å²) in [5.41, 5.74) is 0.749. The number of nitrogens with zero attached hydrogens (tertiary/aromatic N) is 1. The van der Waals surface area contributed by atoms with Crippen molar-refractivity contribution in [2.45, 2.75) is 6.92 Å². The Hall–Kier alpha value is -0.910. The molecule has 0 aliphatic carbocycles. The molecule has 0 N–H and O–H groups in total. The van der Waals surface area contributed by atoms with Gasteiger partial charge in [0, 0.05) is 15.8 Å². The molecule has 0 fully saturated rings. The van der Waals surface area contributed by atoms with E-state index in [1.165, 1.54) is 6.08 Å². The molecule has 0 amide bonds. The van der Waals surface area contributed by atoms with Crippen molar-refractivity contribution < 1.29 is 9.53 Å². The summed E-state index contributed by atoms with van der Waals surface area (Å²) in [4.78, 5) is 15.1. The smallest absolute Gasteiger partial charge is 0.330 e. The molecule has 1 aromatic heterocycles. The Morgan fingerprint density at radius 2 is 2.43 bits per heavy atom. The number of carbonyl (C=O) groups is 1. The third-order valence-corrected chi connectivity index (χ3v) is 2.07. The van der Waals surface area contributed by atoms with Crippen molar-refractivity contribution >= 4 is 34.6 Å². The minimum Gasteiger partial charge on any atom is -0.463 e. The van der Waals surface area contributed by atoms with E-state index in [1.54, 1.807) is 19.2 Å². The fraction of sp³-hybridized carbons (Fsp3) is 0.200. The van der Waals surface area contributed by atoms with Gasteiger partial charge in [0.25, 0.3) is 0 Å².